The largest absolute Gasteiger partial charge is 0.324 e. The molecule has 0 saturated heterocycles. The van der Waals surface area contributed by atoms with Crippen molar-refractivity contribution < 1.29 is 4.92 Å². The lowest BCUT2D eigenvalue weighted by Gasteiger charge is -2.14. The van der Waals surface area contributed by atoms with E-state index in [1.165, 1.54) is 6.07 Å². The maximum atomic E-state index is 11.0. The van der Waals surface area contributed by atoms with Crippen LogP contribution in [0.15, 0.2) is 51.4 Å². The Labute approximate surface area is 133 Å². The molecule has 2 aromatic carbocycles. The maximum absolute atomic E-state index is 11.0. The van der Waals surface area contributed by atoms with E-state index >= 15 is 0 Å². The summed E-state index contributed by atoms with van der Waals surface area (Å²) < 4.78 is 1.84. The van der Waals surface area contributed by atoms with Crippen molar-refractivity contribution in [2.45, 2.75) is 12.5 Å². The lowest BCUT2D eigenvalue weighted by atomic mass is 9.99. The Balaban J connectivity index is 2.28. The number of nitro benzene ring substituents is 1. The average Bonchev–Trinajstić information content (AvgIpc) is 2.38. The Morgan fingerprint density at radius 3 is 2.55 bits per heavy atom. The summed E-state index contributed by atoms with van der Waals surface area (Å²) in [7, 11) is 0. The summed E-state index contributed by atoms with van der Waals surface area (Å²) in [5.41, 5.74) is 7.85. The predicted molar refractivity (Wildman–Crippen MR) is 85.6 cm³/mol. The number of rotatable bonds is 4. The van der Waals surface area contributed by atoms with Gasteiger partial charge < -0.3 is 5.73 Å². The van der Waals surface area contributed by atoms with Gasteiger partial charge in [0.05, 0.1) is 4.92 Å². The van der Waals surface area contributed by atoms with Crippen LogP contribution in [0.5, 0.6) is 0 Å². The quantitative estimate of drug-likeness (QED) is 0.613. The van der Waals surface area contributed by atoms with Crippen LogP contribution in [0, 0.1) is 10.1 Å². The fourth-order valence-corrected chi connectivity index (χ4v) is 3.35. The van der Waals surface area contributed by atoms with Crippen molar-refractivity contribution in [1.29, 1.82) is 0 Å². The molecule has 6 heteroatoms. The van der Waals surface area contributed by atoms with Gasteiger partial charge in [0.15, 0.2) is 0 Å². The first kappa shape index (κ1) is 15.2. The van der Waals surface area contributed by atoms with Gasteiger partial charge in [-0.1, -0.05) is 56.1 Å². The van der Waals surface area contributed by atoms with Crippen LogP contribution >= 0.6 is 31.9 Å². The van der Waals surface area contributed by atoms with Crippen molar-refractivity contribution in [3.8, 4) is 0 Å². The molecule has 0 radical (unpaired) electrons. The molecule has 0 bridgehead atoms. The van der Waals surface area contributed by atoms with Gasteiger partial charge in [-0.05, 0) is 24.1 Å². The smallest absolute Gasteiger partial charge is 0.272 e. The van der Waals surface area contributed by atoms with Crippen molar-refractivity contribution in [3.05, 3.63) is 72.7 Å². The fraction of sp³-hybridized carbons (Fsp3) is 0.143. The van der Waals surface area contributed by atoms with E-state index in [0.717, 1.165) is 14.5 Å². The minimum Gasteiger partial charge on any atom is -0.324 e. The highest BCUT2D eigenvalue weighted by atomic mass is 79.9. The number of nitrogens with two attached hydrogens (primary N) is 1. The fourth-order valence-electron chi connectivity index (χ4n) is 2.01. The van der Waals surface area contributed by atoms with Crippen LogP contribution in [-0.4, -0.2) is 4.92 Å². The van der Waals surface area contributed by atoms with E-state index in [-0.39, 0.29) is 16.7 Å². The van der Waals surface area contributed by atoms with Crippen LogP contribution in [0.25, 0.3) is 0 Å². The van der Waals surface area contributed by atoms with Crippen LogP contribution < -0.4 is 5.73 Å². The molecule has 0 heterocycles. The van der Waals surface area contributed by atoms with E-state index in [2.05, 4.69) is 31.9 Å². The molecule has 0 aliphatic heterocycles. The number of para-hydroxylation sites is 1. The predicted octanol–water partition coefficient (Wildman–Crippen LogP) is 4.36. The summed E-state index contributed by atoms with van der Waals surface area (Å²) in [4.78, 5) is 10.6. The third-order valence-corrected chi connectivity index (χ3v) is 4.17. The van der Waals surface area contributed by atoms with Gasteiger partial charge in [-0.3, -0.25) is 10.1 Å². The number of benzene rings is 2. The van der Waals surface area contributed by atoms with Crippen LogP contribution in [0.2, 0.25) is 0 Å². The van der Waals surface area contributed by atoms with Gasteiger partial charge in [0.2, 0.25) is 0 Å². The van der Waals surface area contributed by atoms with E-state index in [1.807, 2.05) is 18.2 Å². The minimum atomic E-state index is -0.376. The molecule has 2 rings (SSSR count). The van der Waals surface area contributed by atoms with Crippen molar-refractivity contribution in [2.75, 3.05) is 0 Å². The zero-order chi connectivity index (χ0) is 14.7. The van der Waals surface area contributed by atoms with Crippen LogP contribution in [0.1, 0.15) is 17.2 Å². The number of hydrogen-bond acceptors (Lipinski definition) is 3. The second kappa shape index (κ2) is 6.47. The highest BCUT2D eigenvalue weighted by Gasteiger charge is 2.17. The first-order valence-electron chi connectivity index (χ1n) is 5.92. The maximum Gasteiger partial charge on any atom is 0.272 e. The summed E-state index contributed by atoms with van der Waals surface area (Å²) in [6.45, 7) is 0. The molecular formula is C14H12Br2N2O2. The van der Waals surface area contributed by atoms with E-state index in [1.54, 1.807) is 18.2 Å². The molecule has 104 valence electrons. The number of hydrogen-bond donors (Lipinski definition) is 1. The summed E-state index contributed by atoms with van der Waals surface area (Å²) >= 11 is 6.85. The Hall–Kier alpha value is -1.24. The van der Waals surface area contributed by atoms with E-state index in [4.69, 9.17) is 5.73 Å². The Morgan fingerprint density at radius 1 is 1.20 bits per heavy atom. The summed E-state index contributed by atoms with van der Waals surface area (Å²) in [6.07, 6.45) is 0.414. The summed E-state index contributed by atoms with van der Waals surface area (Å²) in [5, 5.41) is 11.0. The molecule has 0 spiro atoms. The van der Waals surface area contributed by atoms with Crippen molar-refractivity contribution in [1.82, 2.24) is 0 Å². The van der Waals surface area contributed by atoms with Gasteiger partial charge in [0.25, 0.3) is 5.69 Å². The van der Waals surface area contributed by atoms with Gasteiger partial charge in [-0.2, -0.15) is 0 Å². The standard InChI is InChI=1S/C14H12Br2N2O2/c15-10-5-6-11(12(16)8-10)13(17)7-9-3-1-2-4-14(9)18(19)20/h1-6,8,13H,7,17H2. The number of nitro groups is 1. The first-order valence-corrected chi connectivity index (χ1v) is 7.50. The molecule has 1 unspecified atom stereocenters. The molecule has 2 N–H and O–H groups in total. The van der Waals surface area contributed by atoms with Gasteiger partial charge in [0, 0.05) is 26.6 Å². The van der Waals surface area contributed by atoms with Crippen molar-refractivity contribution in [2.24, 2.45) is 5.73 Å². The third kappa shape index (κ3) is 3.45. The average molecular weight is 400 g/mol. The number of nitrogens with zero attached hydrogens (tertiary/aromatic N) is 1. The summed E-state index contributed by atoms with van der Waals surface area (Å²) in [5.74, 6) is 0. The second-order valence-electron chi connectivity index (χ2n) is 4.36. The Morgan fingerprint density at radius 2 is 1.90 bits per heavy atom. The molecule has 0 amide bonds. The lowest BCUT2D eigenvalue weighted by molar-refractivity contribution is -0.385. The number of halogens is 2. The Bertz CT molecular complexity index is 647. The van der Waals surface area contributed by atoms with Gasteiger partial charge in [-0.15, -0.1) is 0 Å². The van der Waals surface area contributed by atoms with Crippen LogP contribution in [0.4, 0.5) is 5.69 Å². The highest BCUT2D eigenvalue weighted by molar-refractivity contribution is 9.11. The molecule has 20 heavy (non-hydrogen) atoms. The SMILES string of the molecule is NC(Cc1ccccc1[N+](=O)[O-])c1ccc(Br)cc1Br. The van der Waals surface area contributed by atoms with Gasteiger partial charge >= 0.3 is 0 Å². The minimum absolute atomic E-state index is 0.108. The molecule has 0 aliphatic rings. The Kier molecular flexibility index (Phi) is 4.91. The monoisotopic (exact) mass is 398 g/mol. The molecule has 0 fully saturated rings. The van der Waals surface area contributed by atoms with Crippen molar-refractivity contribution >= 4 is 37.5 Å². The second-order valence-corrected chi connectivity index (χ2v) is 6.13. The molecule has 2 aromatic rings. The molecule has 4 nitrogen and oxygen atoms in total. The third-order valence-electron chi connectivity index (χ3n) is 2.99. The molecule has 0 saturated carbocycles. The van der Waals surface area contributed by atoms with Crippen LogP contribution in [-0.2, 0) is 6.42 Å². The lowest BCUT2D eigenvalue weighted by Crippen LogP contribution is -2.14. The zero-order valence-electron chi connectivity index (χ0n) is 10.4. The molecular weight excluding hydrogens is 388 g/mol. The summed E-state index contributed by atoms with van der Waals surface area (Å²) in [6, 6.07) is 12.1. The first-order chi connectivity index (χ1) is 9.49. The topological polar surface area (TPSA) is 69.2 Å². The highest BCUT2D eigenvalue weighted by Crippen LogP contribution is 2.29. The van der Waals surface area contributed by atoms with Crippen molar-refractivity contribution in [3.63, 3.8) is 0 Å². The molecule has 0 aromatic heterocycles. The van der Waals surface area contributed by atoms with E-state index in [9.17, 15) is 10.1 Å². The van der Waals surface area contributed by atoms with Gasteiger partial charge in [-0.25, -0.2) is 0 Å². The normalized spacial score (nSPS) is 12.2. The van der Waals surface area contributed by atoms with E-state index in [0.29, 0.717) is 12.0 Å². The van der Waals surface area contributed by atoms with Gasteiger partial charge in [0.1, 0.15) is 0 Å². The van der Waals surface area contributed by atoms with Crippen LogP contribution in [0.3, 0.4) is 0 Å². The van der Waals surface area contributed by atoms with E-state index < -0.39 is 0 Å². The zero-order valence-corrected chi connectivity index (χ0v) is 13.6. The molecule has 0 aliphatic carbocycles. The molecule has 1 atom stereocenters.